The van der Waals surface area contributed by atoms with Crippen molar-refractivity contribution in [1.29, 1.82) is 0 Å². The number of amides is 1. The summed E-state index contributed by atoms with van der Waals surface area (Å²) < 4.78 is 21.5. The molecule has 0 aliphatic heterocycles. The average Bonchev–Trinajstić information content (AvgIpc) is 3.02. The Balaban J connectivity index is 2.00. The molecule has 0 aliphatic carbocycles. The topological polar surface area (TPSA) is 119 Å². The van der Waals surface area contributed by atoms with Crippen molar-refractivity contribution in [2.75, 3.05) is 20.3 Å². The van der Waals surface area contributed by atoms with Crippen LogP contribution < -0.4 is 15.9 Å². The second-order valence-electron chi connectivity index (χ2n) is 5.15. The molecule has 0 aliphatic rings. The average molecular weight is 346 g/mol. The van der Waals surface area contributed by atoms with E-state index in [2.05, 4.69) is 14.4 Å². The van der Waals surface area contributed by atoms with E-state index in [1.807, 2.05) is 29.1 Å². The molecular weight excluding hydrogens is 321 g/mol. The van der Waals surface area contributed by atoms with Crippen LogP contribution in [0.5, 0.6) is 0 Å². The Morgan fingerprint density at radius 3 is 2.61 bits per heavy atom. The van der Waals surface area contributed by atoms with E-state index in [1.165, 1.54) is 0 Å². The van der Waals surface area contributed by atoms with Crippen LogP contribution in [-0.2, 0) is 25.0 Å². The lowest BCUT2D eigenvalue weighted by atomic mass is 10.2. The van der Waals surface area contributed by atoms with E-state index >= 15 is 0 Å². The Labute approximate surface area is 136 Å². The third-order valence-electron chi connectivity index (χ3n) is 3.25. The van der Waals surface area contributed by atoms with Crippen molar-refractivity contribution in [3.8, 4) is 0 Å². The van der Waals surface area contributed by atoms with E-state index in [4.69, 9.17) is 5.73 Å². The number of aromatic nitrogens is 1. The summed E-state index contributed by atoms with van der Waals surface area (Å²) in [4.78, 5) is 22.7. The fraction of sp³-hybridized carbons (Fsp3) is 0.643. The minimum absolute atomic E-state index is 0.114. The van der Waals surface area contributed by atoms with E-state index < -0.39 is 13.9 Å². The monoisotopic (exact) mass is 346 g/mol. The number of nitrogens with zero attached hydrogens (tertiary/aromatic N) is 1. The molecule has 0 saturated heterocycles. The van der Waals surface area contributed by atoms with Crippen molar-refractivity contribution < 1.29 is 23.3 Å². The van der Waals surface area contributed by atoms with Crippen molar-refractivity contribution in [3.05, 3.63) is 24.5 Å². The number of phosphoric ester groups is 1. The standard InChI is InChI=1S/C14H26N3O5P/c1-21-23(19,20)22-11-7-3-2-4-8-16-14(18)13(15)12-17-9-5-6-10-17/h5-6,9-10,13H,2-4,7-8,11-12,15H2,1H3,(H,16,18)(H,19,20)/p-1/t13-/m0/s1. The number of hydrogen-bond donors (Lipinski definition) is 2. The van der Waals surface area contributed by atoms with Gasteiger partial charge in [0.25, 0.3) is 7.82 Å². The summed E-state index contributed by atoms with van der Waals surface area (Å²) >= 11 is 0. The molecule has 1 rings (SSSR count). The van der Waals surface area contributed by atoms with Gasteiger partial charge in [0.2, 0.25) is 5.91 Å². The molecule has 8 nitrogen and oxygen atoms in total. The molecule has 9 heteroatoms. The van der Waals surface area contributed by atoms with Crippen LogP contribution in [0.25, 0.3) is 0 Å². The van der Waals surface area contributed by atoms with Crippen molar-refractivity contribution in [3.63, 3.8) is 0 Å². The van der Waals surface area contributed by atoms with Gasteiger partial charge in [-0.25, -0.2) is 0 Å². The van der Waals surface area contributed by atoms with Gasteiger partial charge in [-0.15, -0.1) is 0 Å². The van der Waals surface area contributed by atoms with Crippen LogP contribution >= 0.6 is 7.82 Å². The van der Waals surface area contributed by atoms with Gasteiger partial charge in [-0.3, -0.25) is 9.36 Å². The van der Waals surface area contributed by atoms with Crippen LogP contribution in [0.1, 0.15) is 25.7 Å². The summed E-state index contributed by atoms with van der Waals surface area (Å²) in [5.41, 5.74) is 5.83. The zero-order chi connectivity index (χ0) is 17.1. The molecule has 0 bridgehead atoms. The zero-order valence-electron chi connectivity index (χ0n) is 13.3. The molecule has 1 unspecified atom stereocenters. The Morgan fingerprint density at radius 2 is 1.96 bits per heavy atom. The molecule has 2 atom stereocenters. The Hall–Kier alpha value is -1.18. The molecule has 1 heterocycles. The lowest BCUT2D eigenvalue weighted by molar-refractivity contribution is -0.223. The van der Waals surface area contributed by atoms with Crippen molar-refractivity contribution >= 4 is 13.7 Å². The Bertz CT molecular complexity index is 495. The molecule has 1 amide bonds. The lowest BCUT2D eigenvalue weighted by Gasteiger charge is -2.19. The van der Waals surface area contributed by atoms with Gasteiger partial charge in [-0.05, 0) is 25.0 Å². The van der Waals surface area contributed by atoms with Crippen LogP contribution in [0.4, 0.5) is 0 Å². The number of carbonyl (C=O) groups is 1. The highest BCUT2D eigenvalue weighted by molar-refractivity contribution is 7.45. The minimum atomic E-state index is -4.11. The molecule has 0 fully saturated rings. The summed E-state index contributed by atoms with van der Waals surface area (Å²) in [6.07, 6.45) is 6.83. The third-order valence-corrected chi connectivity index (χ3v) is 4.20. The first kappa shape index (κ1) is 19.9. The highest BCUT2D eigenvalue weighted by atomic mass is 31.2. The van der Waals surface area contributed by atoms with E-state index in [0.29, 0.717) is 19.5 Å². The van der Waals surface area contributed by atoms with Gasteiger partial charge in [-0.1, -0.05) is 12.8 Å². The number of hydrogen-bond acceptors (Lipinski definition) is 6. The van der Waals surface area contributed by atoms with E-state index in [1.54, 1.807) is 0 Å². The third kappa shape index (κ3) is 8.88. The molecule has 132 valence electrons. The molecule has 0 radical (unpaired) electrons. The van der Waals surface area contributed by atoms with Crippen LogP contribution in [0.2, 0.25) is 0 Å². The van der Waals surface area contributed by atoms with E-state index in [0.717, 1.165) is 26.4 Å². The quantitative estimate of drug-likeness (QED) is 0.423. The van der Waals surface area contributed by atoms with Crippen molar-refractivity contribution in [2.24, 2.45) is 5.73 Å². The molecular formula is C14H25N3O5P-. The SMILES string of the molecule is COP(=O)([O-])OCCCCCCNC(=O)[C@@H](N)Cn1cccc1. The molecule has 0 aromatic carbocycles. The Kier molecular flexibility index (Phi) is 9.13. The fourth-order valence-electron chi connectivity index (χ4n) is 1.95. The minimum Gasteiger partial charge on any atom is -0.756 e. The summed E-state index contributed by atoms with van der Waals surface area (Å²) in [5, 5.41) is 2.80. The largest absolute Gasteiger partial charge is 0.756 e. The van der Waals surface area contributed by atoms with Crippen LogP contribution in [-0.4, -0.2) is 36.8 Å². The van der Waals surface area contributed by atoms with E-state index in [-0.39, 0.29) is 12.5 Å². The number of rotatable bonds is 12. The van der Waals surface area contributed by atoms with Gasteiger partial charge in [0.05, 0.1) is 6.61 Å². The summed E-state index contributed by atoms with van der Waals surface area (Å²) in [7, 11) is -3.04. The second-order valence-corrected chi connectivity index (χ2v) is 6.67. The maximum Gasteiger partial charge on any atom is 0.267 e. The molecule has 3 N–H and O–H groups in total. The van der Waals surface area contributed by atoms with Gasteiger partial charge < -0.3 is 29.6 Å². The number of unbranched alkanes of at least 4 members (excludes halogenated alkanes) is 3. The molecule has 0 spiro atoms. The number of carbonyl (C=O) groups excluding carboxylic acids is 1. The maximum atomic E-state index is 11.8. The van der Waals surface area contributed by atoms with Gasteiger partial charge in [0.15, 0.2) is 0 Å². The normalized spacial score (nSPS) is 15.1. The number of nitrogens with two attached hydrogens (primary N) is 1. The van der Waals surface area contributed by atoms with Crippen LogP contribution in [0, 0.1) is 0 Å². The van der Waals surface area contributed by atoms with Crippen molar-refractivity contribution in [1.82, 2.24) is 9.88 Å². The predicted molar refractivity (Wildman–Crippen MR) is 84.5 cm³/mol. The van der Waals surface area contributed by atoms with E-state index in [9.17, 15) is 14.3 Å². The van der Waals surface area contributed by atoms with Gasteiger partial charge in [-0.2, -0.15) is 0 Å². The number of phosphoric acid groups is 1. The first-order valence-electron chi connectivity index (χ1n) is 7.60. The summed E-state index contributed by atoms with van der Waals surface area (Å²) in [6, 6.07) is 3.19. The highest BCUT2D eigenvalue weighted by Crippen LogP contribution is 2.36. The van der Waals surface area contributed by atoms with Gasteiger partial charge in [0.1, 0.15) is 6.04 Å². The van der Waals surface area contributed by atoms with Crippen LogP contribution in [0.15, 0.2) is 24.5 Å². The lowest BCUT2D eigenvalue weighted by Crippen LogP contribution is -2.43. The van der Waals surface area contributed by atoms with Crippen LogP contribution in [0.3, 0.4) is 0 Å². The van der Waals surface area contributed by atoms with Gasteiger partial charge >= 0.3 is 0 Å². The smallest absolute Gasteiger partial charge is 0.267 e. The zero-order valence-corrected chi connectivity index (χ0v) is 14.2. The predicted octanol–water partition coefficient (Wildman–Crippen LogP) is 0.623. The second kappa shape index (κ2) is 10.6. The molecule has 1 aromatic heterocycles. The Morgan fingerprint density at radius 1 is 1.30 bits per heavy atom. The summed E-state index contributed by atoms with van der Waals surface area (Å²) in [6.45, 7) is 1.12. The summed E-state index contributed by atoms with van der Waals surface area (Å²) in [5.74, 6) is -0.172. The highest BCUT2D eigenvalue weighted by Gasteiger charge is 2.12. The molecule has 23 heavy (non-hydrogen) atoms. The molecule has 0 saturated carbocycles. The number of nitrogens with one attached hydrogen (secondary N) is 1. The van der Waals surface area contributed by atoms with Gasteiger partial charge in [0, 0.05) is 32.6 Å². The first-order chi connectivity index (χ1) is 10.9. The maximum absolute atomic E-state index is 11.8. The first-order valence-corrected chi connectivity index (χ1v) is 9.06. The fourth-order valence-corrected chi connectivity index (χ4v) is 2.41. The molecule has 1 aromatic rings. The van der Waals surface area contributed by atoms with Crippen molar-refractivity contribution in [2.45, 2.75) is 38.3 Å².